The zero-order chi connectivity index (χ0) is 19.0. The van der Waals surface area contributed by atoms with Crippen molar-refractivity contribution in [3.63, 3.8) is 0 Å². The van der Waals surface area contributed by atoms with Crippen LogP contribution in [0.3, 0.4) is 0 Å². The number of rotatable bonds is 4. The van der Waals surface area contributed by atoms with Crippen LogP contribution in [0.5, 0.6) is 0 Å². The first kappa shape index (κ1) is 17.2. The second kappa shape index (κ2) is 5.33. The molecule has 0 spiro atoms. The lowest BCUT2D eigenvalue weighted by atomic mass is 9.39. The second-order valence-corrected chi connectivity index (χ2v) is 11.2. The van der Waals surface area contributed by atoms with Gasteiger partial charge in [0.25, 0.3) is 5.91 Å². The Kier molecular flexibility index (Phi) is 3.40. The van der Waals surface area contributed by atoms with Gasteiger partial charge in [-0.3, -0.25) is 4.79 Å². The summed E-state index contributed by atoms with van der Waals surface area (Å²) in [4.78, 5) is 17.2. The molecule has 3 aliphatic carbocycles. The molecule has 2 N–H and O–H groups in total. The highest BCUT2D eigenvalue weighted by atomic mass is 35.5. The summed E-state index contributed by atoms with van der Waals surface area (Å²) in [6.45, 7) is 0. The van der Waals surface area contributed by atoms with E-state index in [9.17, 15) is 9.00 Å². The van der Waals surface area contributed by atoms with E-state index in [1.807, 2.05) is 18.2 Å². The normalized spacial score (nSPS) is 28.2. The fourth-order valence-electron chi connectivity index (χ4n) is 4.23. The number of fused-ring (bicyclic) bond motifs is 1. The van der Waals surface area contributed by atoms with E-state index in [2.05, 4.69) is 5.32 Å². The second-order valence-electron chi connectivity index (χ2n) is 7.64. The third-order valence-electron chi connectivity index (χ3n) is 5.40. The first-order valence-corrected chi connectivity index (χ1v) is 11.6. The van der Waals surface area contributed by atoms with E-state index in [0.29, 0.717) is 5.02 Å². The molecule has 140 valence electrons. The maximum atomic E-state index is 12.5. The van der Waals surface area contributed by atoms with Crippen molar-refractivity contribution in [3.05, 3.63) is 46.1 Å². The Morgan fingerprint density at radius 3 is 2.74 bits per heavy atom. The topological polar surface area (TPSA) is 96.0 Å². The van der Waals surface area contributed by atoms with Gasteiger partial charge in [-0.25, -0.2) is 14.0 Å². The van der Waals surface area contributed by atoms with Crippen LogP contribution in [0, 0.1) is 4.78 Å². The molecular formula is C18H16ClN3O3S2. The zero-order valence-electron chi connectivity index (χ0n) is 14.4. The summed E-state index contributed by atoms with van der Waals surface area (Å²) in [5, 5.41) is 4.86. The molecule has 2 heterocycles. The van der Waals surface area contributed by atoms with Crippen molar-refractivity contribution in [1.82, 2.24) is 10.3 Å². The van der Waals surface area contributed by atoms with Crippen LogP contribution in [-0.4, -0.2) is 26.9 Å². The average molecular weight is 422 g/mol. The lowest BCUT2D eigenvalue weighted by Gasteiger charge is -2.69. The van der Waals surface area contributed by atoms with Gasteiger partial charge in [0.05, 0.1) is 10.2 Å². The molecule has 0 radical (unpaired) electrons. The lowest BCUT2D eigenvalue weighted by Crippen LogP contribution is -2.76. The summed E-state index contributed by atoms with van der Waals surface area (Å²) in [5.74, 6) is -0.227. The van der Waals surface area contributed by atoms with E-state index in [-0.39, 0.29) is 27.7 Å². The van der Waals surface area contributed by atoms with E-state index in [1.165, 1.54) is 18.4 Å². The monoisotopic (exact) mass is 421 g/mol. The number of carbonyl (C=O) groups is 1. The highest BCUT2D eigenvalue weighted by Gasteiger charge is 2.70. The van der Waals surface area contributed by atoms with Gasteiger partial charge in [-0.15, -0.1) is 11.3 Å². The van der Waals surface area contributed by atoms with Gasteiger partial charge in [0.1, 0.15) is 14.7 Å². The van der Waals surface area contributed by atoms with Crippen LogP contribution in [-0.2, 0) is 15.1 Å². The number of thiazole rings is 1. The molecule has 2 bridgehead atoms. The largest absolute Gasteiger partial charge is 0.441 e. The van der Waals surface area contributed by atoms with Crippen molar-refractivity contribution in [1.29, 1.82) is 4.78 Å². The third-order valence-corrected chi connectivity index (χ3v) is 7.91. The molecule has 3 saturated carbocycles. The number of hydrogen-bond donors (Lipinski definition) is 2. The highest BCUT2D eigenvalue weighted by molar-refractivity contribution is 7.91. The minimum absolute atomic E-state index is 0.0230. The number of aromatic nitrogens is 1. The molecule has 1 amide bonds. The van der Waals surface area contributed by atoms with E-state index in [1.54, 1.807) is 11.3 Å². The van der Waals surface area contributed by atoms with Crippen molar-refractivity contribution in [2.24, 2.45) is 0 Å². The summed E-state index contributed by atoms with van der Waals surface area (Å²) in [7, 11) is -2.97. The van der Waals surface area contributed by atoms with Gasteiger partial charge in [-0.2, -0.15) is 0 Å². The maximum Gasteiger partial charge on any atom is 0.287 e. The molecular weight excluding hydrogens is 406 g/mol. The lowest BCUT2D eigenvalue weighted by molar-refractivity contribution is -0.0811. The predicted molar refractivity (Wildman–Crippen MR) is 104 cm³/mol. The number of amides is 1. The number of nitrogens with zero attached hydrogens (tertiary/aromatic N) is 1. The van der Waals surface area contributed by atoms with Gasteiger partial charge in [-0.1, -0.05) is 11.6 Å². The molecule has 0 aliphatic heterocycles. The number of hydrogen-bond acceptors (Lipinski definition) is 6. The van der Waals surface area contributed by atoms with Gasteiger partial charge in [0.15, 0.2) is 10.9 Å². The standard InChI is InChI=1S/C18H16ClN3O3S2/c1-27(20,24)14-5-3-12(25-14)15(23)22-18-7-17(8-18,9-18)16-21-11-6-10(19)2-4-13(11)26-16/h2-6,20H,7-9H2,1H3,(H,22,23). The number of halogens is 1. The molecule has 1 atom stereocenters. The Morgan fingerprint density at radius 1 is 1.33 bits per heavy atom. The summed E-state index contributed by atoms with van der Waals surface area (Å²) in [5.41, 5.74) is 0.761. The molecule has 0 saturated heterocycles. The average Bonchev–Trinajstić information content (AvgIpc) is 3.14. The summed E-state index contributed by atoms with van der Waals surface area (Å²) in [6.07, 6.45) is 3.84. The zero-order valence-corrected chi connectivity index (χ0v) is 16.8. The Morgan fingerprint density at radius 2 is 2.07 bits per heavy atom. The van der Waals surface area contributed by atoms with Crippen molar-refractivity contribution < 1.29 is 13.4 Å². The Bertz CT molecular complexity index is 1190. The number of carbonyl (C=O) groups excluding carboxylic acids is 1. The van der Waals surface area contributed by atoms with Gasteiger partial charge < -0.3 is 9.73 Å². The van der Waals surface area contributed by atoms with Crippen molar-refractivity contribution in [2.75, 3.05) is 6.26 Å². The Balaban J connectivity index is 1.30. The van der Waals surface area contributed by atoms with Crippen LogP contribution >= 0.6 is 22.9 Å². The van der Waals surface area contributed by atoms with Crippen LogP contribution in [0.2, 0.25) is 5.02 Å². The third kappa shape index (κ3) is 2.61. The molecule has 6 rings (SSSR count). The molecule has 3 aliphatic rings. The fourth-order valence-corrected chi connectivity index (χ4v) is 6.10. The number of nitrogens with one attached hydrogen (secondary N) is 2. The molecule has 2 aromatic heterocycles. The van der Waals surface area contributed by atoms with Crippen molar-refractivity contribution in [2.45, 2.75) is 35.3 Å². The van der Waals surface area contributed by atoms with Crippen LogP contribution < -0.4 is 5.32 Å². The first-order valence-electron chi connectivity index (χ1n) is 8.41. The van der Waals surface area contributed by atoms with E-state index < -0.39 is 9.73 Å². The smallest absolute Gasteiger partial charge is 0.287 e. The van der Waals surface area contributed by atoms with Crippen LogP contribution in [0.1, 0.15) is 34.8 Å². The molecule has 27 heavy (non-hydrogen) atoms. The number of furan rings is 1. The van der Waals surface area contributed by atoms with Gasteiger partial charge in [0, 0.05) is 22.2 Å². The minimum Gasteiger partial charge on any atom is -0.441 e. The number of benzene rings is 1. The fraction of sp³-hybridized carbons (Fsp3) is 0.333. The van der Waals surface area contributed by atoms with Crippen LogP contribution in [0.15, 0.2) is 39.8 Å². The summed E-state index contributed by atoms with van der Waals surface area (Å²) >= 11 is 7.74. The van der Waals surface area contributed by atoms with Gasteiger partial charge >= 0.3 is 0 Å². The van der Waals surface area contributed by atoms with Gasteiger partial charge in [-0.05, 0) is 49.6 Å². The summed E-state index contributed by atoms with van der Waals surface area (Å²) < 4.78 is 25.7. The van der Waals surface area contributed by atoms with Crippen LogP contribution in [0.4, 0.5) is 0 Å². The Hall–Kier alpha value is -1.90. The molecule has 6 nitrogen and oxygen atoms in total. The SMILES string of the molecule is CS(=N)(=O)c1ccc(C(=O)NC23CC(c4nc5cc(Cl)ccc5s4)(C2)C3)o1. The van der Waals surface area contributed by atoms with Gasteiger partial charge in [0.2, 0.25) is 0 Å². The van der Waals surface area contributed by atoms with Crippen LogP contribution in [0.25, 0.3) is 10.2 Å². The van der Waals surface area contributed by atoms with Crippen molar-refractivity contribution in [3.8, 4) is 0 Å². The minimum atomic E-state index is -2.97. The maximum absolute atomic E-state index is 12.5. The van der Waals surface area contributed by atoms with E-state index >= 15 is 0 Å². The van der Waals surface area contributed by atoms with E-state index in [4.69, 9.17) is 25.8 Å². The predicted octanol–water partition coefficient (Wildman–Crippen LogP) is 4.18. The molecule has 1 aromatic carbocycles. The highest BCUT2D eigenvalue weighted by Crippen LogP contribution is 2.68. The Labute approximate surface area is 164 Å². The quantitative estimate of drug-likeness (QED) is 0.660. The van der Waals surface area contributed by atoms with Crippen molar-refractivity contribution >= 4 is 48.8 Å². The molecule has 3 aromatic rings. The molecule has 3 fully saturated rings. The molecule has 9 heteroatoms. The molecule has 1 unspecified atom stereocenters. The first-order chi connectivity index (χ1) is 12.7. The van der Waals surface area contributed by atoms with E-state index in [0.717, 1.165) is 34.5 Å². The summed E-state index contributed by atoms with van der Waals surface area (Å²) in [6, 6.07) is 8.65.